The summed E-state index contributed by atoms with van der Waals surface area (Å²) < 4.78 is 36.3. The van der Waals surface area contributed by atoms with E-state index in [9.17, 15) is 5.11 Å². The maximum Gasteiger partial charge on any atom is 0.148 e. The first-order chi connectivity index (χ1) is 31.5. The molecule has 0 amide bonds. The quantitative estimate of drug-likeness (QED) is 0.139. The average Bonchev–Trinajstić information content (AvgIpc) is 3.71. The van der Waals surface area contributed by atoms with Crippen molar-refractivity contribution in [3.8, 4) is 78.6 Å². The molecule has 2 aromatic heterocycles. The van der Waals surface area contributed by atoms with Gasteiger partial charge in [0.05, 0.1) is 16.6 Å². The summed E-state index contributed by atoms with van der Waals surface area (Å²) in [6.07, 6.45) is 1.82. The minimum absolute atomic E-state index is 0. The molecule has 63 heavy (non-hydrogen) atoms. The van der Waals surface area contributed by atoms with Crippen LogP contribution >= 0.6 is 0 Å². The van der Waals surface area contributed by atoms with E-state index >= 15 is 0 Å². The van der Waals surface area contributed by atoms with Gasteiger partial charge in [-0.15, -0.1) is 23.8 Å². The number of para-hydroxylation sites is 1. The average molecular weight is 1010 g/mol. The molecule has 0 aliphatic carbocycles. The van der Waals surface area contributed by atoms with Crippen LogP contribution < -0.4 is 0 Å². The molecule has 316 valence electrons. The van der Waals surface area contributed by atoms with E-state index in [0.29, 0.717) is 22.6 Å². The number of phenols is 1. The second-order valence-electron chi connectivity index (χ2n) is 17.0. The molecule has 7 aromatic carbocycles. The van der Waals surface area contributed by atoms with Gasteiger partial charge in [0.15, 0.2) is 0 Å². The van der Waals surface area contributed by atoms with Crippen molar-refractivity contribution in [1.82, 2.24) is 14.5 Å². The third-order valence-corrected chi connectivity index (χ3v) is 11.8. The molecule has 0 unspecified atom stereocenters. The molecule has 0 spiro atoms. The number of pyridine rings is 1. The predicted molar refractivity (Wildman–Crippen MR) is 259 cm³/mol. The van der Waals surface area contributed by atoms with Gasteiger partial charge in [-0.3, -0.25) is 9.55 Å². The van der Waals surface area contributed by atoms with Gasteiger partial charge in [-0.25, -0.2) is 4.98 Å². The van der Waals surface area contributed by atoms with Crippen LogP contribution in [0.4, 0.5) is 0 Å². The van der Waals surface area contributed by atoms with Crippen LogP contribution in [0.1, 0.15) is 87.0 Å². The maximum absolute atomic E-state index is 12.2. The van der Waals surface area contributed by atoms with E-state index in [0.717, 1.165) is 78.0 Å². The van der Waals surface area contributed by atoms with Crippen LogP contribution in [0.15, 0.2) is 164 Å². The fraction of sp³-hybridized carbons (Fsp3) is 0.172. The Morgan fingerprint density at radius 3 is 1.90 bits per heavy atom. The van der Waals surface area contributed by atoms with Gasteiger partial charge >= 0.3 is 0 Å². The van der Waals surface area contributed by atoms with Crippen molar-refractivity contribution >= 4 is 11.0 Å². The van der Waals surface area contributed by atoms with E-state index in [4.69, 9.17) is 15.5 Å². The number of hydrogen-bond acceptors (Lipinski definition) is 3. The molecule has 0 bridgehead atoms. The van der Waals surface area contributed by atoms with Gasteiger partial charge in [-0.2, -0.15) is 0 Å². The number of aromatic nitrogens is 3. The fourth-order valence-corrected chi connectivity index (χ4v) is 8.32. The monoisotopic (exact) mass is 1010 g/mol. The van der Waals surface area contributed by atoms with Crippen molar-refractivity contribution in [2.24, 2.45) is 0 Å². The van der Waals surface area contributed by atoms with Crippen LogP contribution in [0.25, 0.3) is 83.9 Å². The fourth-order valence-electron chi connectivity index (χ4n) is 8.32. The van der Waals surface area contributed by atoms with Gasteiger partial charge in [0.2, 0.25) is 0 Å². The van der Waals surface area contributed by atoms with Crippen molar-refractivity contribution in [1.29, 1.82) is 0 Å². The Balaban J connectivity index is 0.00000608. The summed E-state index contributed by atoms with van der Waals surface area (Å²) in [5.74, 6) is 0.123. The van der Waals surface area contributed by atoms with Crippen LogP contribution in [0.2, 0.25) is 0 Å². The minimum Gasteiger partial charge on any atom is -0.507 e. The predicted octanol–water partition coefficient (Wildman–Crippen LogP) is 15.6. The standard InChI is InChI=1S/C58H52N3O.Pt/c1-36(2)40-21-23-43(24-22-40)44-25-26-59-54(35-44)49-30-47(42-17-12-9-13-18-42)29-48(31-49)51-19-14-20-55-56(51)60-58(53-34-45(37(3)4)33-52(38(5)6)57(53)62)61(55)50-28-39(7)27-46(32-50)41-15-10-8-11-16-41;/h8-30,32-38,62H,1-7H3;/q-1;/i7D3,36D;. The number of aromatic hydroxyl groups is 1. The van der Waals surface area contributed by atoms with Crippen molar-refractivity contribution in [3.63, 3.8) is 0 Å². The van der Waals surface area contributed by atoms with Crippen molar-refractivity contribution < 1.29 is 31.7 Å². The molecule has 0 saturated carbocycles. The number of imidazole rings is 1. The first-order valence-corrected chi connectivity index (χ1v) is 21.3. The van der Waals surface area contributed by atoms with Crippen molar-refractivity contribution in [3.05, 3.63) is 192 Å². The largest absolute Gasteiger partial charge is 0.507 e. The summed E-state index contributed by atoms with van der Waals surface area (Å²) in [6, 6.07) is 55.9. The van der Waals surface area contributed by atoms with Gasteiger partial charge in [0.1, 0.15) is 11.6 Å². The normalized spacial score (nSPS) is 12.8. The molecule has 0 aliphatic rings. The van der Waals surface area contributed by atoms with E-state index in [1.54, 1.807) is 12.1 Å². The number of fused-ring (bicyclic) bond motifs is 1. The number of nitrogens with zero attached hydrogens (tertiary/aromatic N) is 3. The molecular weight excluding hydrogens is 950 g/mol. The van der Waals surface area contributed by atoms with Crippen LogP contribution in [0.3, 0.4) is 0 Å². The Morgan fingerprint density at radius 2 is 1.25 bits per heavy atom. The molecule has 0 fully saturated rings. The van der Waals surface area contributed by atoms with E-state index in [2.05, 4.69) is 82.3 Å². The Bertz CT molecular complexity index is 3230. The van der Waals surface area contributed by atoms with Crippen LogP contribution in [0, 0.1) is 12.9 Å². The molecular formula is C58H52N3OPt-. The third kappa shape index (κ3) is 8.70. The Morgan fingerprint density at radius 1 is 0.587 bits per heavy atom. The van der Waals surface area contributed by atoms with Gasteiger partial charge < -0.3 is 5.11 Å². The Labute approximate surface area is 392 Å². The summed E-state index contributed by atoms with van der Waals surface area (Å²) in [7, 11) is 0. The van der Waals surface area contributed by atoms with Gasteiger partial charge in [-0.1, -0.05) is 173 Å². The smallest absolute Gasteiger partial charge is 0.148 e. The molecule has 0 saturated heterocycles. The summed E-state index contributed by atoms with van der Waals surface area (Å²) in [5, 5.41) is 12.2. The van der Waals surface area contributed by atoms with Gasteiger partial charge in [0.25, 0.3) is 0 Å². The summed E-state index contributed by atoms with van der Waals surface area (Å²) in [5.41, 5.74) is 14.4. The topological polar surface area (TPSA) is 50.9 Å². The third-order valence-electron chi connectivity index (χ3n) is 11.8. The summed E-state index contributed by atoms with van der Waals surface area (Å²) in [6.45, 7) is 9.81. The second kappa shape index (κ2) is 18.2. The van der Waals surface area contributed by atoms with Crippen molar-refractivity contribution in [2.45, 2.75) is 66.1 Å². The zero-order valence-corrected chi connectivity index (χ0v) is 38.6. The van der Waals surface area contributed by atoms with Crippen LogP contribution in [-0.4, -0.2) is 19.6 Å². The molecule has 4 nitrogen and oxygen atoms in total. The molecule has 0 radical (unpaired) electrons. The number of rotatable bonds is 10. The molecule has 0 aliphatic heterocycles. The Hall–Kier alpha value is -6.35. The number of benzene rings is 7. The molecule has 2 heterocycles. The first-order valence-electron chi connectivity index (χ1n) is 23.3. The molecule has 9 rings (SSSR count). The van der Waals surface area contributed by atoms with E-state index < -0.39 is 12.7 Å². The van der Waals surface area contributed by atoms with Crippen molar-refractivity contribution in [2.75, 3.05) is 0 Å². The van der Waals surface area contributed by atoms with Gasteiger partial charge in [0, 0.05) is 44.1 Å². The second-order valence-corrected chi connectivity index (χ2v) is 17.0. The maximum atomic E-state index is 12.2. The zero-order chi connectivity index (χ0) is 46.5. The van der Waals surface area contributed by atoms with Crippen LogP contribution in [-0.2, 0) is 21.1 Å². The molecule has 5 heteroatoms. The van der Waals surface area contributed by atoms with E-state index in [1.807, 2.05) is 122 Å². The number of aryl methyl sites for hydroxylation is 1. The molecule has 0 atom stereocenters. The number of phenolic OH excluding ortho intramolecular Hbond substituents is 1. The molecule has 1 N–H and O–H groups in total. The first kappa shape index (κ1) is 38.3. The SMILES string of the molecule is [2H]C([2H])([2H])c1cc(-c2ccccc2)cc(-n2c(-c3cc(C(C)C)cc(C(C)C)c3O)nc3c(-c4[c-]c(-c5cc(-c6ccc(C([2H])(C)C)cc6)ccn5)cc(-c5ccccc5)c4)cccc32)c1.[Pt]. The zero-order valence-electron chi connectivity index (χ0n) is 40.3. The Kier molecular flexibility index (Phi) is 11.1. The summed E-state index contributed by atoms with van der Waals surface area (Å²) in [4.78, 5) is 10.4. The van der Waals surface area contributed by atoms with E-state index in [1.165, 1.54) is 0 Å². The van der Waals surface area contributed by atoms with Gasteiger partial charge in [-0.05, 0) is 105 Å². The number of hydrogen-bond donors (Lipinski definition) is 1. The summed E-state index contributed by atoms with van der Waals surface area (Å²) >= 11 is 0. The molecule has 9 aromatic rings. The minimum atomic E-state index is -2.40. The van der Waals surface area contributed by atoms with Crippen LogP contribution in [0.5, 0.6) is 5.75 Å². The van der Waals surface area contributed by atoms with E-state index in [-0.39, 0.29) is 44.2 Å².